The third kappa shape index (κ3) is 3.52. The molecule has 190 valence electrons. The Morgan fingerprint density at radius 2 is 1.63 bits per heavy atom. The molecule has 10 heteroatoms. The minimum Gasteiger partial charge on any atom is -0.497 e. The number of nitrogens with zero attached hydrogens (tertiary/aromatic N) is 3. The third-order valence-corrected chi connectivity index (χ3v) is 7.36. The van der Waals surface area contributed by atoms with E-state index in [0.717, 1.165) is 16.2 Å². The summed E-state index contributed by atoms with van der Waals surface area (Å²) >= 11 is 0. The number of fused-ring (bicyclic) bond motifs is 5. The van der Waals surface area contributed by atoms with Crippen LogP contribution in [0, 0.1) is 22.0 Å². The number of methoxy groups -OCH3 is 1. The molecule has 3 aliphatic heterocycles. The van der Waals surface area contributed by atoms with Gasteiger partial charge in [-0.25, -0.2) is 4.90 Å². The van der Waals surface area contributed by atoms with Gasteiger partial charge in [0.2, 0.25) is 17.7 Å². The highest BCUT2D eigenvalue weighted by atomic mass is 16.6. The molecule has 2 saturated heterocycles. The van der Waals surface area contributed by atoms with Crippen molar-refractivity contribution < 1.29 is 24.0 Å². The van der Waals surface area contributed by atoms with Gasteiger partial charge in [0.15, 0.2) is 0 Å². The van der Waals surface area contributed by atoms with Crippen LogP contribution >= 0.6 is 0 Å². The first-order chi connectivity index (χ1) is 18.4. The predicted molar refractivity (Wildman–Crippen MR) is 140 cm³/mol. The minimum absolute atomic E-state index is 0.106. The quantitative estimate of drug-likeness (QED) is 0.316. The van der Waals surface area contributed by atoms with Crippen LogP contribution in [-0.4, -0.2) is 41.8 Å². The minimum atomic E-state index is -0.981. The molecule has 10 nitrogen and oxygen atoms in total. The van der Waals surface area contributed by atoms with Crippen molar-refractivity contribution in [2.75, 3.05) is 22.2 Å². The number of nitrogens with one attached hydrogen (secondary N) is 1. The van der Waals surface area contributed by atoms with Crippen LogP contribution in [0.3, 0.4) is 0 Å². The molecule has 0 spiro atoms. The van der Waals surface area contributed by atoms with Crippen molar-refractivity contribution in [3.63, 3.8) is 0 Å². The molecular weight excluding hydrogens is 488 g/mol. The number of carbonyl (C=O) groups excluding carboxylic acids is 3. The molecule has 0 radical (unpaired) electrons. The molecular formula is C28H22N4O6. The highest BCUT2D eigenvalue weighted by Gasteiger charge is 2.64. The van der Waals surface area contributed by atoms with Crippen molar-refractivity contribution >= 4 is 46.5 Å². The zero-order chi connectivity index (χ0) is 26.6. The average Bonchev–Trinajstić information content (AvgIpc) is 3.41. The molecule has 3 aliphatic rings. The van der Waals surface area contributed by atoms with Gasteiger partial charge in [-0.05, 0) is 48.0 Å². The maximum atomic E-state index is 13.9. The number of para-hydroxylation sites is 1. The van der Waals surface area contributed by atoms with Gasteiger partial charge in [0.1, 0.15) is 11.8 Å². The van der Waals surface area contributed by atoms with Crippen molar-refractivity contribution in [1.82, 2.24) is 0 Å². The lowest BCUT2D eigenvalue weighted by molar-refractivity contribution is -0.384. The van der Waals surface area contributed by atoms with Gasteiger partial charge in [-0.3, -0.25) is 24.5 Å². The molecule has 3 heterocycles. The van der Waals surface area contributed by atoms with Gasteiger partial charge in [-0.2, -0.15) is 0 Å². The van der Waals surface area contributed by atoms with Crippen LogP contribution in [0.1, 0.15) is 5.56 Å². The van der Waals surface area contributed by atoms with E-state index in [1.807, 2.05) is 41.3 Å². The molecule has 3 aromatic carbocycles. The lowest BCUT2D eigenvalue weighted by Gasteiger charge is -2.36. The Bertz CT molecular complexity index is 1500. The topological polar surface area (TPSA) is 122 Å². The van der Waals surface area contributed by atoms with Crippen molar-refractivity contribution in [2.24, 2.45) is 11.8 Å². The van der Waals surface area contributed by atoms with Gasteiger partial charge in [0, 0.05) is 23.5 Å². The number of imide groups is 1. The number of benzene rings is 3. The van der Waals surface area contributed by atoms with Gasteiger partial charge < -0.3 is 15.0 Å². The molecule has 1 N–H and O–H groups in total. The molecule has 0 aliphatic carbocycles. The summed E-state index contributed by atoms with van der Waals surface area (Å²) < 4.78 is 5.20. The smallest absolute Gasteiger partial charge is 0.269 e. The molecule has 4 atom stereocenters. The Morgan fingerprint density at radius 3 is 2.32 bits per heavy atom. The first-order valence-electron chi connectivity index (χ1n) is 12.0. The van der Waals surface area contributed by atoms with E-state index in [9.17, 15) is 24.5 Å². The van der Waals surface area contributed by atoms with E-state index in [2.05, 4.69) is 5.32 Å². The van der Waals surface area contributed by atoms with Gasteiger partial charge in [0.25, 0.3) is 5.69 Å². The molecule has 3 amide bonds. The van der Waals surface area contributed by atoms with Crippen molar-refractivity contribution in [2.45, 2.75) is 12.1 Å². The molecule has 0 unspecified atom stereocenters. The summed E-state index contributed by atoms with van der Waals surface area (Å²) in [5.74, 6) is -2.39. The van der Waals surface area contributed by atoms with Crippen LogP contribution in [0.15, 0.2) is 78.9 Å². The number of nitro benzene ring substituents is 1. The van der Waals surface area contributed by atoms with E-state index in [1.54, 1.807) is 24.3 Å². The number of ether oxygens (including phenoxy) is 1. The van der Waals surface area contributed by atoms with Crippen LogP contribution < -0.4 is 19.9 Å². The highest BCUT2D eigenvalue weighted by molar-refractivity contribution is 6.25. The van der Waals surface area contributed by atoms with Gasteiger partial charge in [-0.15, -0.1) is 0 Å². The second-order valence-corrected chi connectivity index (χ2v) is 9.32. The Kier molecular flexibility index (Phi) is 5.45. The summed E-state index contributed by atoms with van der Waals surface area (Å²) in [6.45, 7) is 0. The number of hydrogen-bond donors (Lipinski definition) is 1. The van der Waals surface area contributed by atoms with Gasteiger partial charge >= 0.3 is 0 Å². The van der Waals surface area contributed by atoms with Crippen molar-refractivity contribution in [3.05, 3.63) is 94.6 Å². The Labute approximate surface area is 217 Å². The average molecular weight is 511 g/mol. The Balaban J connectivity index is 1.39. The molecule has 0 aromatic heterocycles. The molecule has 2 fully saturated rings. The van der Waals surface area contributed by atoms with Crippen LogP contribution in [-0.2, 0) is 14.4 Å². The van der Waals surface area contributed by atoms with E-state index in [0.29, 0.717) is 17.1 Å². The maximum absolute atomic E-state index is 13.9. The van der Waals surface area contributed by atoms with E-state index >= 15 is 0 Å². The Morgan fingerprint density at radius 1 is 0.947 bits per heavy atom. The van der Waals surface area contributed by atoms with Crippen molar-refractivity contribution in [1.29, 1.82) is 0 Å². The van der Waals surface area contributed by atoms with Gasteiger partial charge in [-0.1, -0.05) is 30.4 Å². The molecule has 0 bridgehead atoms. The molecule has 6 rings (SSSR count). The number of anilines is 3. The van der Waals surface area contributed by atoms with Crippen LogP contribution in [0.4, 0.5) is 22.7 Å². The SMILES string of the molecule is COc1ccc(N2C(=O)[C@@H]3[C@H](C2=O)[C@@H](C(=O)Nc2ccc([N+](=O)[O-])cc2)N2c4ccccc4C=C[C@@H]32)cc1. The fourth-order valence-electron chi connectivity index (χ4n) is 5.68. The second kappa shape index (κ2) is 8.84. The monoisotopic (exact) mass is 510 g/mol. The van der Waals surface area contributed by atoms with E-state index < -0.39 is 40.7 Å². The number of non-ortho nitro benzene ring substituents is 1. The summed E-state index contributed by atoms with van der Waals surface area (Å²) in [7, 11) is 1.53. The third-order valence-electron chi connectivity index (χ3n) is 7.36. The highest BCUT2D eigenvalue weighted by Crippen LogP contribution is 2.49. The zero-order valence-electron chi connectivity index (χ0n) is 20.2. The lowest BCUT2D eigenvalue weighted by atomic mass is 9.88. The molecule has 3 aromatic rings. The van der Waals surface area contributed by atoms with Crippen molar-refractivity contribution in [3.8, 4) is 5.75 Å². The van der Waals surface area contributed by atoms with E-state index in [4.69, 9.17) is 4.74 Å². The lowest BCUT2D eigenvalue weighted by Crippen LogP contribution is -2.50. The normalized spacial score (nSPS) is 23.1. The van der Waals surface area contributed by atoms with Crippen LogP contribution in [0.25, 0.3) is 6.08 Å². The standard InChI is InChI=1S/C28H22N4O6/c1-38-20-13-11-18(12-14-20)30-27(34)23-22-15-6-16-4-2-3-5-21(16)31(22)25(24(23)28(30)35)26(33)29-17-7-9-19(10-8-17)32(36)37/h2-15,22-25H,1H3,(H,29,33)/t22-,23-,24-,25-/m0/s1. The summed E-state index contributed by atoms with van der Waals surface area (Å²) in [4.78, 5) is 54.9. The summed E-state index contributed by atoms with van der Waals surface area (Å²) in [5.41, 5.74) is 2.30. The first-order valence-corrected chi connectivity index (χ1v) is 12.0. The summed E-state index contributed by atoms with van der Waals surface area (Å²) in [6, 6.07) is 18.1. The van der Waals surface area contributed by atoms with E-state index in [1.165, 1.54) is 31.4 Å². The van der Waals surface area contributed by atoms with Crippen LogP contribution in [0.5, 0.6) is 5.75 Å². The number of carbonyl (C=O) groups is 3. The zero-order valence-corrected chi connectivity index (χ0v) is 20.2. The van der Waals surface area contributed by atoms with Crippen LogP contribution in [0.2, 0.25) is 0 Å². The maximum Gasteiger partial charge on any atom is 0.269 e. The largest absolute Gasteiger partial charge is 0.497 e. The predicted octanol–water partition coefficient (Wildman–Crippen LogP) is 3.63. The summed E-state index contributed by atoms with van der Waals surface area (Å²) in [5, 5.41) is 13.8. The fourth-order valence-corrected chi connectivity index (χ4v) is 5.68. The molecule has 38 heavy (non-hydrogen) atoms. The van der Waals surface area contributed by atoms with Gasteiger partial charge in [0.05, 0.1) is 35.6 Å². The van der Waals surface area contributed by atoms with E-state index in [-0.39, 0.29) is 11.6 Å². The summed E-state index contributed by atoms with van der Waals surface area (Å²) in [6.07, 6.45) is 3.79. The Hall–Kier alpha value is -4.99. The number of nitro groups is 1. The fraction of sp³-hybridized carbons (Fsp3) is 0.179. The first kappa shape index (κ1) is 23.4. The number of amides is 3. The second-order valence-electron chi connectivity index (χ2n) is 9.32. The molecule has 0 saturated carbocycles. The number of rotatable bonds is 5. The number of hydrogen-bond acceptors (Lipinski definition) is 7.